The minimum absolute atomic E-state index is 0.0627. The van der Waals surface area contributed by atoms with Gasteiger partial charge in [0.1, 0.15) is 0 Å². The third kappa shape index (κ3) is 6.13. The lowest BCUT2D eigenvalue weighted by Gasteiger charge is -2.20. The zero-order valence-corrected chi connectivity index (χ0v) is 17.7. The van der Waals surface area contributed by atoms with E-state index < -0.39 is 0 Å². The summed E-state index contributed by atoms with van der Waals surface area (Å²) in [6.45, 7) is 10.0. The first-order valence-electron chi connectivity index (χ1n) is 9.41. The van der Waals surface area contributed by atoms with E-state index >= 15 is 0 Å². The highest BCUT2D eigenvalue weighted by Crippen LogP contribution is 2.30. The summed E-state index contributed by atoms with van der Waals surface area (Å²) in [6.07, 6.45) is 0.967. The smallest absolute Gasteiger partial charge is 0.191 e. The Hall–Kier alpha value is -2.28. The lowest BCUT2D eigenvalue weighted by molar-refractivity contribution is 0.287. The van der Waals surface area contributed by atoms with E-state index in [1.54, 1.807) is 18.4 Å². The van der Waals surface area contributed by atoms with Crippen molar-refractivity contribution in [3.8, 4) is 11.5 Å². The molecule has 148 valence electrons. The normalized spacial score (nSPS) is 12.6. The van der Waals surface area contributed by atoms with Crippen LogP contribution in [0.2, 0.25) is 0 Å². The molecule has 0 aliphatic heterocycles. The Morgan fingerprint density at radius 2 is 1.93 bits per heavy atom. The molecule has 0 spiro atoms. The predicted octanol–water partition coefficient (Wildman–Crippen LogP) is 3.93. The molecule has 7 heteroatoms. The Labute approximate surface area is 166 Å². The van der Waals surface area contributed by atoms with Crippen molar-refractivity contribution in [2.24, 2.45) is 4.99 Å². The molecule has 0 radical (unpaired) electrons. The van der Waals surface area contributed by atoms with Gasteiger partial charge in [0, 0.05) is 12.4 Å². The first kappa shape index (κ1) is 21.0. The van der Waals surface area contributed by atoms with Crippen molar-refractivity contribution in [1.29, 1.82) is 0 Å². The molecule has 0 bridgehead atoms. The number of nitrogens with zero attached hydrogens (tertiary/aromatic N) is 2. The van der Waals surface area contributed by atoms with Crippen LogP contribution in [0.1, 0.15) is 50.0 Å². The van der Waals surface area contributed by atoms with Crippen molar-refractivity contribution in [2.75, 3.05) is 20.3 Å². The summed E-state index contributed by atoms with van der Waals surface area (Å²) >= 11 is 1.69. The number of guanidine groups is 1. The van der Waals surface area contributed by atoms with Gasteiger partial charge >= 0.3 is 0 Å². The van der Waals surface area contributed by atoms with E-state index in [2.05, 4.69) is 39.8 Å². The van der Waals surface area contributed by atoms with Crippen LogP contribution in [-0.4, -0.2) is 31.2 Å². The van der Waals surface area contributed by atoms with Gasteiger partial charge in [0.2, 0.25) is 0 Å². The summed E-state index contributed by atoms with van der Waals surface area (Å²) in [7, 11) is 1.77. The van der Waals surface area contributed by atoms with E-state index in [4.69, 9.17) is 9.47 Å². The Kier molecular flexibility index (Phi) is 8.39. The average Bonchev–Trinajstić information content (AvgIpc) is 3.14. The van der Waals surface area contributed by atoms with Gasteiger partial charge < -0.3 is 20.1 Å². The van der Waals surface area contributed by atoms with Crippen LogP contribution in [0, 0.1) is 0 Å². The molecule has 2 aromatic rings. The molecule has 0 aliphatic carbocycles. The third-order valence-corrected chi connectivity index (χ3v) is 5.02. The first-order valence-corrected chi connectivity index (χ1v) is 10.3. The number of benzene rings is 1. The molecule has 1 aromatic heterocycles. The van der Waals surface area contributed by atoms with Crippen LogP contribution < -0.4 is 20.1 Å². The maximum absolute atomic E-state index is 5.72. The van der Waals surface area contributed by atoms with E-state index in [1.807, 2.05) is 32.0 Å². The van der Waals surface area contributed by atoms with Crippen molar-refractivity contribution in [1.82, 2.24) is 15.6 Å². The number of thiazole rings is 1. The quantitative estimate of drug-likeness (QED) is 0.502. The van der Waals surface area contributed by atoms with Crippen LogP contribution in [0.5, 0.6) is 11.5 Å². The number of rotatable bonds is 9. The molecule has 1 atom stereocenters. The van der Waals surface area contributed by atoms with E-state index in [0.29, 0.717) is 19.8 Å². The summed E-state index contributed by atoms with van der Waals surface area (Å²) in [6, 6.07) is 6.09. The largest absolute Gasteiger partial charge is 0.490 e. The lowest BCUT2D eigenvalue weighted by atomic mass is 10.1. The van der Waals surface area contributed by atoms with Gasteiger partial charge in [-0.05, 0) is 44.9 Å². The summed E-state index contributed by atoms with van der Waals surface area (Å²) in [5, 5.41) is 9.98. The second-order valence-electron chi connectivity index (χ2n) is 5.95. The molecule has 1 aromatic carbocycles. The topological polar surface area (TPSA) is 67.8 Å². The van der Waals surface area contributed by atoms with Crippen LogP contribution >= 0.6 is 11.3 Å². The van der Waals surface area contributed by atoms with Gasteiger partial charge in [-0.25, -0.2) is 4.98 Å². The molecule has 0 saturated carbocycles. The van der Waals surface area contributed by atoms with E-state index in [0.717, 1.165) is 40.1 Å². The fourth-order valence-electron chi connectivity index (χ4n) is 2.59. The number of hydrogen-bond donors (Lipinski definition) is 2. The highest BCUT2D eigenvalue weighted by Gasteiger charge is 2.12. The minimum Gasteiger partial charge on any atom is -0.490 e. The van der Waals surface area contributed by atoms with Gasteiger partial charge in [-0.3, -0.25) is 4.99 Å². The maximum atomic E-state index is 5.72. The fraction of sp³-hybridized carbons (Fsp3) is 0.500. The SMILES string of the molecule is CCOc1ccc(C(C)NC(=NC)NCc2csc(CC)n2)cc1OCC. The van der Waals surface area contributed by atoms with E-state index in [-0.39, 0.29) is 6.04 Å². The zero-order chi connectivity index (χ0) is 19.6. The van der Waals surface area contributed by atoms with Crippen molar-refractivity contribution in [3.05, 3.63) is 39.8 Å². The second kappa shape index (κ2) is 10.8. The first-order chi connectivity index (χ1) is 13.1. The number of hydrogen-bond acceptors (Lipinski definition) is 5. The van der Waals surface area contributed by atoms with E-state index in [1.165, 1.54) is 0 Å². The summed E-state index contributed by atoms with van der Waals surface area (Å²) in [5.41, 5.74) is 2.14. The molecule has 0 saturated heterocycles. The van der Waals surface area contributed by atoms with Crippen LogP contribution in [0.4, 0.5) is 0 Å². The average molecular weight is 391 g/mol. The number of nitrogens with one attached hydrogen (secondary N) is 2. The minimum atomic E-state index is 0.0627. The zero-order valence-electron chi connectivity index (χ0n) is 16.8. The molecular formula is C20H30N4O2S. The number of aromatic nitrogens is 1. The standard InChI is InChI=1S/C20H30N4O2S/c1-6-19-24-16(13-27-19)12-22-20(21-5)23-14(4)15-9-10-17(25-7-2)18(11-15)26-8-3/h9-11,13-14H,6-8,12H2,1-5H3,(H2,21,22,23). The van der Waals surface area contributed by atoms with Gasteiger partial charge in [0.15, 0.2) is 17.5 Å². The Bertz CT molecular complexity index is 745. The molecule has 6 nitrogen and oxygen atoms in total. The monoisotopic (exact) mass is 390 g/mol. The van der Waals surface area contributed by atoms with E-state index in [9.17, 15) is 0 Å². The Balaban J connectivity index is 2.00. The fourth-order valence-corrected chi connectivity index (χ4v) is 3.33. The van der Waals surface area contributed by atoms with Crippen molar-refractivity contribution < 1.29 is 9.47 Å². The second-order valence-corrected chi connectivity index (χ2v) is 6.89. The number of ether oxygens (including phenoxy) is 2. The molecule has 27 heavy (non-hydrogen) atoms. The maximum Gasteiger partial charge on any atom is 0.191 e. The predicted molar refractivity (Wildman–Crippen MR) is 112 cm³/mol. The molecule has 0 fully saturated rings. The van der Waals surface area contributed by atoms with Gasteiger partial charge in [-0.2, -0.15) is 0 Å². The van der Waals surface area contributed by atoms with Crippen LogP contribution in [0.3, 0.4) is 0 Å². The summed E-state index contributed by atoms with van der Waals surface area (Å²) in [5.74, 6) is 2.27. The number of aryl methyl sites for hydroxylation is 1. The molecule has 2 N–H and O–H groups in total. The molecule has 2 rings (SSSR count). The van der Waals surface area contributed by atoms with Crippen molar-refractivity contribution in [3.63, 3.8) is 0 Å². The van der Waals surface area contributed by atoms with Gasteiger partial charge in [0.25, 0.3) is 0 Å². The molecule has 1 unspecified atom stereocenters. The third-order valence-electron chi connectivity index (χ3n) is 3.98. The summed E-state index contributed by atoms with van der Waals surface area (Å²) in [4.78, 5) is 8.89. The summed E-state index contributed by atoms with van der Waals surface area (Å²) < 4.78 is 11.4. The van der Waals surface area contributed by atoms with Crippen LogP contribution in [0.15, 0.2) is 28.6 Å². The number of aliphatic imine (C=N–C) groups is 1. The Morgan fingerprint density at radius 1 is 1.19 bits per heavy atom. The highest BCUT2D eigenvalue weighted by atomic mass is 32.1. The van der Waals surface area contributed by atoms with Gasteiger partial charge in [-0.1, -0.05) is 13.0 Å². The van der Waals surface area contributed by atoms with Crippen molar-refractivity contribution >= 4 is 17.3 Å². The van der Waals surface area contributed by atoms with Crippen molar-refractivity contribution in [2.45, 2.75) is 46.7 Å². The molecule has 0 amide bonds. The molecule has 0 aliphatic rings. The van der Waals surface area contributed by atoms with Crippen LogP contribution in [0.25, 0.3) is 0 Å². The Morgan fingerprint density at radius 3 is 2.56 bits per heavy atom. The lowest BCUT2D eigenvalue weighted by Crippen LogP contribution is -2.38. The highest BCUT2D eigenvalue weighted by molar-refractivity contribution is 7.09. The molecular weight excluding hydrogens is 360 g/mol. The van der Waals surface area contributed by atoms with Crippen LogP contribution in [-0.2, 0) is 13.0 Å². The van der Waals surface area contributed by atoms with Gasteiger partial charge in [0.05, 0.1) is 36.5 Å². The molecule has 1 heterocycles. The van der Waals surface area contributed by atoms with Gasteiger partial charge in [-0.15, -0.1) is 11.3 Å².